The van der Waals surface area contributed by atoms with Gasteiger partial charge in [0.1, 0.15) is 6.04 Å². The Hall–Kier alpha value is -1.07. The third-order valence-electron chi connectivity index (χ3n) is 3.98. The second-order valence-corrected chi connectivity index (χ2v) is 5.59. The number of hydrogen-bond donors (Lipinski definition) is 1. The molecule has 2 atom stereocenters. The molecule has 1 aromatic carbocycles. The minimum Gasteiger partial charge on any atom is -0.315 e. The molecule has 1 N–H and O–H groups in total. The molecule has 1 aliphatic rings. The lowest BCUT2D eigenvalue weighted by Gasteiger charge is -2.41. The Bertz CT molecular complexity index is 413. The molecule has 0 amide bonds. The molecule has 2 unspecified atom stereocenters. The first-order valence-corrected chi connectivity index (χ1v) is 7.62. The number of hydrogen-bond acceptors (Lipinski definition) is 2. The zero-order chi connectivity index (χ0) is 15.3. The van der Waals surface area contributed by atoms with Crippen LogP contribution in [0.3, 0.4) is 0 Å². The predicted octanol–water partition coefficient (Wildman–Crippen LogP) is 3.75. The van der Waals surface area contributed by atoms with Crippen LogP contribution in [0, 0.1) is 0 Å². The Kier molecular flexibility index (Phi) is 5.65. The van der Waals surface area contributed by atoms with Gasteiger partial charge < -0.3 is 5.32 Å². The molecule has 2 nitrogen and oxygen atoms in total. The van der Waals surface area contributed by atoms with E-state index in [0.29, 0.717) is 18.7 Å². The smallest absolute Gasteiger partial charge is 0.315 e. The van der Waals surface area contributed by atoms with Gasteiger partial charge in [-0.2, -0.15) is 13.2 Å². The number of halogens is 3. The Balaban J connectivity index is 2.31. The molecule has 2 rings (SSSR count). The SMILES string of the molecule is CCCN(C1CCCNC1)C(c1ccccc1)C(F)(F)F. The monoisotopic (exact) mass is 300 g/mol. The molecule has 0 aromatic heterocycles. The van der Waals surface area contributed by atoms with Crippen LogP contribution >= 0.6 is 0 Å². The van der Waals surface area contributed by atoms with Gasteiger partial charge in [0.15, 0.2) is 0 Å². The van der Waals surface area contributed by atoms with E-state index in [1.54, 1.807) is 35.2 Å². The lowest BCUT2D eigenvalue weighted by atomic mass is 9.98. The van der Waals surface area contributed by atoms with Crippen molar-refractivity contribution in [2.24, 2.45) is 0 Å². The maximum Gasteiger partial charge on any atom is 0.408 e. The van der Waals surface area contributed by atoms with Crippen molar-refractivity contribution in [3.8, 4) is 0 Å². The summed E-state index contributed by atoms with van der Waals surface area (Å²) in [5, 5.41) is 3.22. The molecule has 1 aliphatic heterocycles. The average molecular weight is 300 g/mol. The number of benzene rings is 1. The van der Waals surface area contributed by atoms with Gasteiger partial charge in [-0.25, -0.2) is 0 Å². The van der Waals surface area contributed by atoms with Crippen molar-refractivity contribution in [2.75, 3.05) is 19.6 Å². The van der Waals surface area contributed by atoms with E-state index in [9.17, 15) is 13.2 Å². The van der Waals surface area contributed by atoms with Crippen LogP contribution in [0.2, 0.25) is 0 Å². The third-order valence-corrected chi connectivity index (χ3v) is 3.98. The van der Waals surface area contributed by atoms with Crippen LogP contribution in [-0.2, 0) is 0 Å². The summed E-state index contributed by atoms with van der Waals surface area (Å²) in [6.07, 6.45) is -1.78. The van der Waals surface area contributed by atoms with Crippen LogP contribution < -0.4 is 5.32 Å². The first kappa shape index (κ1) is 16.3. The summed E-state index contributed by atoms with van der Waals surface area (Å²) in [6, 6.07) is 6.71. The van der Waals surface area contributed by atoms with Crippen LogP contribution in [0.15, 0.2) is 30.3 Å². The standard InChI is InChI=1S/C16H23F3N2/c1-2-11-21(14-9-6-10-20-12-14)15(16(17,18)19)13-7-4-3-5-8-13/h3-5,7-8,14-15,20H,2,6,9-12H2,1H3. The third kappa shape index (κ3) is 4.20. The Morgan fingerprint density at radius 3 is 2.52 bits per heavy atom. The van der Waals surface area contributed by atoms with E-state index in [1.165, 1.54) is 0 Å². The Labute approximate surface area is 124 Å². The van der Waals surface area contributed by atoms with Gasteiger partial charge in [0.05, 0.1) is 0 Å². The summed E-state index contributed by atoms with van der Waals surface area (Å²) in [5.41, 5.74) is 0.337. The lowest BCUT2D eigenvalue weighted by molar-refractivity contribution is -0.193. The fraction of sp³-hybridized carbons (Fsp3) is 0.625. The topological polar surface area (TPSA) is 15.3 Å². The van der Waals surface area contributed by atoms with Crippen molar-refractivity contribution >= 4 is 0 Å². The maximum atomic E-state index is 13.7. The van der Waals surface area contributed by atoms with E-state index in [1.807, 2.05) is 6.92 Å². The minimum absolute atomic E-state index is 0.0504. The van der Waals surface area contributed by atoms with Crippen LogP contribution in [-0.4, -0.2) is 36.8 Å². The molecule has 1 saturated heterocycles. The van der Waals surface area contributed by atoms with E-state index >= 15 is 0 Å². The van der Waals surface area contributed by atoms with E-state index in [4.69, 9.17) is 0 Å². The van der Waals surface area contributed by atoms with Gasteiger partial charge in [-0.05, 0) is 37.9 Å². The molecule has 0 saturated carbocycles. The van der Waals surface area contributed by atoms with Gasteiger partial charge in [-0.15, -0.1) is 0 Å². The van der Waals surface area contributed by atoms with Crippen molar-refractivity contribution < 1.29 is 13.2 Å². The molecule has 1 fully saturated rings. The van der Waals surface area contributed by atoms with Crippen LogP contribution in [0.25, 0.3) is 0 Å². The highest BCUT2D eigenvalue weighted by molar-refractivity contribution is 5.21. The second kappa shape index (κ2) is 7.27. The maximum absolute atomic E-state index is 13.7. The lowest BCUT2D eigenvalue weighted by Crippen LogP contribution is -2.51. The van der Waals surface area contributed by atoms with Crippen LogP contribution in [0.4, 0.5) is 13.2 Å². The van der Waals surface area contributed by atoms with E-state index in [2.05, 4.69) is 5.32 Å². The highest BCUT2D eigenvalue weighted by Crippen LogP contribution is 2.39. The number of piperidine rings is 1. The molecule has 5 heteroatoms. The Morgan fingerprint density at radius 2 is 2.00 bits per heavy atom. The molecular formula is C16H23F3N2. The molecule has 0 radical (unpaired) electrons. The number of nitrogens with one attached hydrogen (secondary N) is 1. The molecule has 1 aromatic rings. The molecule has 21 heavy (non-hydrogen) atoms. The van der Waals surface area contributed by atoms with Gasteiger partial charge in [-0.1, -0.05) is 37.3 Å². The average Bonchev–Trinajstić information content (AvgIpc) is 2.47. The summed E-state index contributed by atoms with van der Waals surface area (Å²) >= 11 is 0. The highest BCUT2D eigenvalue weighted by Gasteiger charge is 2.46. The largest absolute Gasteiger partial charge is 0.408 e. The molecule has 0 spiro atoms. The van der Waals surface area contributed by atoms with Gasteiger partial charge in [0, 0.05) is 12.6 Å². The molecule has 0 aliphatic carbocycles. The zero-order valence-corrected chi connectivity index (χ0v) is 12.4. The molecule has 0 bridgehead atoms. The fourth-order valence-electron chi connectivity index (χ4n) is 3.10. The molecule has 118 valence electrons. The minimum atomic E-state index is -4.26. The number of nitrogens with zero attached hydrogens (tertiary/aromatic N) is 1. The van der Waals surface area contributed by atoms with Gasteiger partial charge in [-0.3, -0.25) is 4.90 Å². The summed E-state index contributed by atoms with van der Waals surface area (Å²) < 4.78 is 41.0. The van der Waals surface area contributed by atoms with Crippen LogP contribution in [0.1, 0.15) is 37.8 Å². The Morgan fingerprint density at radius 1 is 1.29 bits per heavy atom. The van der Waals surface area contributed by atoms with Crippen molar-refractivity contribution in [3.05, 3.63) is 35.9 Å². The second-order valence-electron chi connectivity index (χ2n) is 5.59. The summed E-state index contributed by atoms with van der Waals surface area (Å²) in [6.45, 7) is 3.94. The normalized spacial score (nSPS) is 21.5. The number of rotatable bonds is 5. The summed E-state index contributed by atoms with van der Waals surface area (Å²) in [5.74, 6) is 0. The molecular weight excluding hydrogens is 277 g/mol. The van der Waals surface area contributed by atoms with Gasteiger partial charge in [0.25, 0.3) is 0 Å². The van der Waals surface area contributed by atoms with E-state index in [0.717, 1.165) is 25.8 Å². The van der Waals surface area contributed by atoms with Gasteiger partial charge >= 0.3 is 6.18 Å². The summed E-state index contributed by atoms with van der Waals surface area (Å²) in [7, 11) is 0. The quantitative estimate of drug-likeness (QED) is 0.891. The van der Waals surface area contributed by atoms with E-state index < -0.39 is 12.2 Å². The first-order valence-electron chi connectivity index (χ1n) is 7.62. The van der Waals surface area contributed by atoms with Crippen molar-refractivity contribution in [1.29, 1.82) is 0 Å². The zero-order valence-electron chi connectivity index (χ0n) is 12.4. The van der Waals surface area contributed by atoms with Crippen molar-refractivity contribution in [3.63, 3.8) is 0 Å². The predicted molar refractivity (Wildman–Crippen MR) is 78.1 cm³/mol. The fourth-order valence-corrected chi connectivity index (χ4v) is 3.10. The van der Waals surface area contributed by atoms with Crippen molar-refractivity contribution in [1.82, 2.24) is 10.2 Å². The van der Waals surface area contributed by atoms with Crippen molar-refractivity contribution in [2.45, 2.75) is 44.4 Å². The number of alkyl halides is 3. The highest BCUT2D eigenvalue weighted by atomic mass is 19.4. The van der Waals surface area contributed by atoms with Crippen LogP contribution in [0.5, 0.6) is 0 Å². The first-order chi connectivity index (χ1) is 10.0. The molecule has 1 heterocycles. The summed E-state index contributed by atoms with van der Waals surface area (Å²) in [4.78, 5) is 1.64. The van der Waals surface area contributed by atoms with E-state index in [-0.39, 0.29) is 6.04 Å². The van der Waals surface area contributed by atoms with Gasteiger partial charge in [0.2, 0.25) is 0 Å².